The molecule has 21 heavy (non-hydrogen) atoms. The van der Waals surface area contributed by atoms with Gasteiger partial charge in [-0.2, -0.15) is 5.10 Å². The van der Waals surface area contributed by atoms with Gasteiger partial charge in [-0.3, -0.25) is 4.79 Å². The lowest BCUT2D eigenvalue weighted by Crippen LogP contribution is -2.19. The van der Waals surface area contributed by atoms with Crippen LogP contribution in [0.25, 0.3) is 0 Å². The Labute approximate surface area is 125 Å². The molecular formula is C17H21N3O. The van der Waals surface area contributed by atoms with Crippen LogP contribution in [0.15, 0.2) is 47.7 Å². The summed E-state index contributed by atoms with van der Waals surface area (Å²) in [7, 11) is 0. The first-order valence-electron chi connectivity index (χ1n) is 7.28. The number of carbonyl (C=O) groups excluding carboxylic acids is 1. The number of aromatic nitrogens is 1. The first-order chi connectivity index (χ1) is 10.2. The predicted octanol–water partition coefficient (Wildman–Crippen LogP) is 3.51. The molecule has 2 N–H and O–H groups in total. The third-order valence-corrected chi connectivity index (χ3v) is 3.36. The van der Waals surface area contributed by atoms with E-state index in [1.807, 2.05) is 19.1 Å². The van der Waals surface area contributed by atoms with Crippen LogP contribution in [0.5, 0.6) is 0 Å². The summed E-state index contributed by atoms with van der Waals surface area (Å²) < 4.78 is 0. The summed E-state index contributed by atoms with van der Waals surface area (Å²) in [6, 6.07) is 11.8. The molecule has 0 saturated heterocycles. The van der Waals surface area contributed by atoms with Gasteiger partial charge in [0.2, 0.25) is 0 Å². The van der Waals surface area contributed by atoms with Crippen molar-refractivity contribution in [3.05, 3.63) is 59.4 Å². The van der Waals surface area contributed by atoms with E-state index in [1.165, 1.54) is 18.4 Å². The molecule has 0 aliphatic heterocycles. The highest BCUT2D eigenvalue weighted by molar-refractivity contribution is 6.00. The van der Waals surface area contributed by atoms with Crippen molar-refractivity contribution >= 4 is 11.6 Å². The van der Waals surface area contributed by atoms with Crippen molar-refractivity contribution < 1.29 is 4.79 Å². The Morgan fingerprint density at radius 1 is 1.24 bits per heavy atom. The van der Waals surface area contributed by atoms with Gasteiger partial charge >= 0.3 is 0 Å². The highest BCUT2D eigenvalue weighted by Crippen LogP contribution is 2.08. The zero-order chi connectivity index (χ0) is 15.1. The number of nitrogens with zero attached hydrogens (tertiary/aromatic N) is 1. The number of aryl methyl sites for hydroxylation is 1. The Morgan fingerprint density at radius 2 is 2.00 bits per heavy atom. The molecule has 2 rings (SSSR count). The number of unbranched alkanes of at least 4 members (excludes halogenated alkanes) is 1. The lowest BCUT2D eigenvalue weighted by Gasteiger charge is -2.04. The van der Waals surface area contributed by atoms with Crippen molar-refractivity contribution in [2.24, 2.45) is 5.10 Å². The lowest BCUT2D eigenvalue weighted by molar-refractivity contribution is 0.0950. The smallest absolute Gasteiger partial charge is 0.287 e. The van der Waals surface area contributed by atoms with Crippen LogP contribution in [-0.2, 0) is 6.42 Å². The van der Waals surface area contributed by atoms with Crippen LogP contribution >= 0.6 is 0 Å². The number of hydrazone groups is 1. The van der Waals surface area contributed by atoms with Gasteiger partial charge in [0.15, 0.2) is 0 Å². The second-order valence-electron chi connectivity index (χ2n) is 5.02. The van der Waals surface area contributed by atoms with Crippen LogP contribution in [-0.4, -0.2) is 16.6 Å². The molecule has 0 spiro atoms. The molecule has 1 amide bonds. The molecule has 0 unspecified atom stereocenters. The van der Waals surface area contributed by atoms with Crippen molar-refractivity contribution in [2.45, 2.75) is 33.1 Å². The van der Waals surface area contributed by atoms with E-state index in [-0.39, 0.29) is 5.91 Å². The third-order valence-electron chi connectivity index (χ3n) is 3.36. The highest BCUT2D eigenvalue weighted by atomic mass is 16.2. The molecular weight excluding hydrogens is 262 g/mol. The summed E-state index contributed by atoms with van der Waals surface area (Å²) in [6.07, 6.45) is 5.22. The van der Waals surface area contributed by atoms with Crippen molar-refractivity contribution in [1.82, 2.24) is 10.4 Å². The number of benzene rings is 1. The minimum atomic E-state index is -0.237. The van der Waals surface area contributed by atoms with Gasteiger partial charge in [-0.25, -0.2) is 5.43 Å². The van der Waals surface area contributed by atoms with Gasteiger partial charge in [-0.1, -0.05) is 37.6 Å². The summed E-state index contributed by atoms with van der Waals surface area (Å²) >= 11 is 0. The van der Waals surface area contributed by atoms with Crippen LogP contribution in [0.3, 0.4) is 0 Å². The SMILES string of the molecule is CCCCc1ccc(/C(C)=N\NC(=O)c2ccc[nH]2)cc1. The second-order valence-corrected chi connectivity index (χ2v) is 5.02. The van der Waals surface area contributed by atoms with Gasteiger partial charge in [0.25, 0.3) is 5.91 Å². The molecule has 0 atom stereocenters. The van der Waals surface area contributed by atoms with E-state index in [2.05, 4.69) is 34.6 Å². The summed E-state index contributed by atoms with van der Waals surface area (Å²) in [5.41, 5.74) is 6.19. The molecule has 0 aliphatic rings. The normalized spacial score (nSPS) is 11.4. The fraction of sp³-hybridized carbons (Fsp3) is 0.294. The van der Waals surface area contributed by atoms with Gasteiger partial charge in [-0.05, 0) is 43.0 Å². The maximum absolute atomic E-state index is 11.8. The molecule has 1 aromatic carbocycles. The number of hydrogen-bond acceptors (Lipinski definition) is 2. The zero-order valence-electron chi connectivity index (χ0n) is 12.5. The molecule has 0 aliphatic carbocycles. The monoisotopic (exact) mass is 283 g/mol. The van der Waals surface area contributed by atoms with Crippen molar-refractivity contribution in [2.75, 3.05) is 0 Å². The standard InChI is InChI=1S/C17H21N3O/c1-3-4-6-14-8-10-15(11-9-14)13(2)19-20-17(21)16-7-5-12-18-16/h5,7-12,18H,3-4,6H2,1-2H3,(H,20,21)/b19-13-. The molecule has 4 heteroatoms. The minimum Gasteiger partial charge on any atom is -0.357 e. The first kappa shape index (κ1) is 15.0. The third kappa shape index (κ3) is 4.31. The van der Waals surface area contributed by atoms with Crippen molar-refractivity contribution in [3.8, 4) is 0 Å². The van der Waals surface area contributed by atoms with Gasteiger partial charge in [0, 0.05) is 6.20 Å². The van der Waals surface area contributed by atoms with Crippen LogP contribution in [0.1, 0.15) is 48.3 Å². The summed E-state index contributed by atoms with van der Waals surface area (Å²) in [6.45, 7) is 4.08. The molecule has 0 bridgehead atoms. The maximum atomic E-state index is 11.8. The Kier molecular flexibility index (Phi) is 5.32. The van der Waals surface area contributed by atoms with Crippen molar-refractivity contribution in [3.63, 3.8) is 0 Å². The Morgan fingerprint density at radius 3 is 2.62 bits per heavy atom. The fourth-order valence-corrected chi connectivity index (χ4v) is 2.02. The molecule has 0 radical (unpaired) electrons. The minimum absolute atomic E-state index is 0.237. The van der Waals surface area contributed by atoms with E-state index >= 15 is 0 Å². The molecule has 0 fully saturated rings. The zero-order valence-corrected chi connectivity index (χ0v) is 12.5. The van der Waals surface area contributed by atoms with E-state index in [1.54, 1.807) is 18.3 Å². The van der Waals surface area contributed by atoms with Gasteiger partial charge in [-0.15, -0.1) is 0 Å². The van der Waals surface area contributed by atoms with Crippen LogP contribution in [0.2, 0.25) is 0 Å². The van der Waals surface area contributed by atoms with E-state index in [0.29, 0.717) is 5.69 Å². The number of hydrogen-bond donors (Lipinski definition) is 2. The van der Waals surface area contributed by atoms with E-state index in [0.717, 1.165) is 17.7 Å². The molecule has 1 aromatic heterocycles. The topological polar surface area (TPSA) is 57.2 Å². The van der Waals surface area contributed by atoms with E-state index < -0.39 is 0 Å². The van der Waals surface area contributed by atoms with Gasteiger partial charge < -0.3 is 4.98 Å². The number of H-pyrrole nitrogens is 1. The number of rotatable bonds is 6. The predicted molar refractivity (Wildman–Crippen MR) is 85.5 cm³/mol. The first-order valence-corrected chi connectivity index (χ1v) is 7.28. The Hall–Kier alpha value is -2.36. The molecule has 4 nitrogen and oxygen atoms in total. The van der Waals surface area contributed by atoms with Gasteiger partial charge in [0.1, 0.15) is 5.69 Å². The quantitative estimate of drug-likeness (QED) is 0.618. The number of nitrogens with one attached hydrogen (secondary N) is 2. The van der Waals surface area contributed by atoms with Crippen molar-refractivity contribution in [1.29, 1.82) is 0 Å². The highest BCUT2D eigenvalue weighted by Gasteiger charge is 2.04. The summed E-state index contributed by atoms with van der Waals surface area (Å²) in [5, 5.41) is 4.14. The van der Waals surface area contributed by atoms with E-state index in [9.17, 15) is 4.79 Å². The van der Waals surface area contributed by atoms with Crippen LogP contribution in [0.4, 0.5) is 0 Å². The largest absolute Gasteiger partial charge is 0.357 e. The lowest BCUT2D eigenvalue weighted by atomic mass is 10.0. The maximum Gasteiger partial charge on any atom is 0.287 e. The fourth-order valence-electron chi connectivity index (χ4n) is 2.02. The average molecular weight is 283 g/mol. The molecule has 1 heterocycles. The van der Waals surface area contributed by atoms with E-state index in [4.69, 9.17) is 0 Å². The second kappa shape index (κ2) is 7.43. The molecule has 110 valence electrons. The van der Waals surface area contributed by atoms with Crippen LogP contribution < -0.4 is 5.43 Å². The molecule has 0 saturated carbocycles. The van der Waals surface area contributed by atoms with Crippen LogP contribution in [0, 0.1) is 0 Å². The number of carbonyl (C=O) groups is 1. The Bertz CT molecular complexity index is 597. The summed E-state index contributed by atoms with van der Waals surface area (Å²) in [5.74, 6) is -0.237. The average Bonchev–Trinajstić information content (AvgIpc) is 3.05. The number of aromatic amines is 1. The Balaban J connectivity index is 1.97. The molecule has 2 aromatic rings. The number of amides is 1. The summed E-state index contributed by atoms with van der Waals surface area (Å²) in [4.78, 5) is 14.6. The van der Waals surface area contributed by atoms with Gasteiger partial charge in [0.05, 0.1) is 5.71 Å².